The van der Waals surface area contributed by atoms with Gasteiger partial charge in [-0.2, -0.15) is 5.26 Å². The van der Waals surface area contributed by atoms with Crippen molar-refractivity contribution in [3.05, 3.63) is 62.2 Å². The van der Waals surface area contributed by atoms with Crippen LogP contribution in [0.3, 0.4) is 0 Å². The molecular weight excluding hydrogens is 415 g/mol. The van der Waals surface area contributed by atoms with E-state index >= 15 is 0 Å². The maximum absolute atomic E-state index is 12.4. The molecule has 2 rings (SSSR count). The van der Waals surface area contributed by atoms with E-state index in [9.17, 15) is 10.1 Å². The topological polar surface area (TPSA) is 62.1 Å². The Morgan fingerprint density at radius 1 is 1.29 bits per heavy atom. The number of halogens is 1. The molecule has 0 saturated carbocycles. The average Bonchev–Trinajstić information content (AvgIpc) is 2.56. The third-order valence-corrected chi connectivity index (χ3v) is 4.28. The third kappa shape index (κ3) is 4.36. The van der Waals surface area contributed by atoms with E-state index < -0.39 is 5.91 Å². The SMILES string of the molecule is COc1cc(I)cc(/C=C(\C#N)C(=O)Nc2cccc(C)c2C)c1. The second-order valence-electron chi connectivity index (χ2n) is 5.30. The van der Waals surface area contributed by atoms with Crippen LogP contribution in [0.2, 0.25) is 0 Å². The standard InChI is InChI=1S/C19H17IN2O2/c1-12-5-4-6-18(13(12)2)22-19(23)15(11-21)7-14-8-16(20)10-17(9-14)24-3/h4-10H,1-3H3,(H,22,23)/b15-7+. The lowest BCUT2D eigenvalue weighted by Gasteiger charge is -2.10. The van der Waals surface area contributed by atoms with Gasteiger partial charge in [-0.15, -0.1) is 0 Å². The highest BCUT2D eigenvalue weighted by Crippen LogP contribution is 2.22. The number of rotatable bonds is 4. The van der Waals surface area contributed by atoms with Crippen LogP contribution >= 0.6 is 22.6 Å². The minimum absolute atomic E-state index is 0.0416. The van der Waals surface area contributed by atoms with Gasteiger partial charge in [0, 0.05) is 9.26 Å². The Bertz CT molecular complexity index is 851. The van der Waals surface area contributed by atoms with Crippen LogP contribution in [0.5, 0.6) is 5.75 Å². The first kappa shape index (κ1) is 18.0. The summed E-state index contributed by atoms with van der Waals surface area (Å²) in [6, 6.07) is 13.2. The van der Waals surface area contributed by atoms with E-state index in [2.05, 4.69) is 27.9 Å². The molecule has 122 valence electrons. The van der Waals surface area contributed by atoms with Gasteiger partial charge in [-0.05, 0) is 83.5 Å². The number of nitrogens with one attached hydrogen (secondary N) is 1. The molecule has 0 atom stereocenters. The van der Waals surface area contributed by atoms with Gasteiger partial charge in [0.1, 0.15) is 17.4 Å². The highest BCUT2D eigenvalue weighted by atomic mass is 127. The zero-order valence-corrected chi connectivity index (χ0v) is 15.8. The lowest BCUT2D eigenvalue weighted by molar-refractivity contribution is -0.112. The Morgan fingerprint density at radius 2 is 2.04 bits per heavy atom. The van der Waals surface area contributed by atoms with Crippen molar-refractivity contribution < 1.29 is 9.53 Å². The summed E-state index contributed by atoms with van der Waals surface area (Å²) >= 11 is 2.16. The fourth-order valence-electron chi connectivity index (χ4n) is 2.18. The van der Waals surface area contributed by atoms with E-state index in [-0.39, 0.29) is 5.57 Å². The first-order chi connectivity index (χ1) is 11.4. The Hall–Kier alpha value is -2.33. The van der Waals surface area contributed by atoms with Crippen LogP contribution in [0.1, 0.15) is 16.7 Å². The zero-order valence-electron chi connectivity index (χ0n) is 13.7. The first-order valence-corrected chi connectivity index (χ1v) is 8.36. The van der Waals surface area contributed by atoms with E-state index in [0.29, 0.717) is 11.4 Å². The number of carbonyl (C=O) groups excluding carboxylic acids is 1. The van der Waals surface area contributed by atoms with Gasteiger partial charge in [0.05, 0.1) is 7.11 Å². The molecule has 2 aromatic carbocycles. The van der Waals surface area contributed by atoms with Crippen molar-refractivity contribution in [1.29, 1.82) is 5.26 Å². The summed E-state index contributed by atoms with van der Waals surface area (Å²) in [6.07, 6.45) is 1.56. The number of amides is 1. The molecule has 24 heavy (non-hydrogen) atoms. The highest BCUT2D eigenvalue weighted by molar-refractivity contribution is 14.1. The summed E-state index contributed by atoms with van der Waals surface area (Å²) in [5.74, 6) is 0.254. The molecule has 5 heteroatoms. The summed E-state index contributed by atoms with van der Waals surface area (Å²) in [5, 5.41) is 12.1. The molecule has 0 spiro atoms. The molecule has 0 aliphatic rings. The smallest absolute Gasteiger partial charge is 0.266 e. The number of nitrogens with zero attached hydrogens (tertiary/aromatic N) is 1. The van der Waals surface area contributed by atoms with Crippen LogP contribution in [0.15, 0.2) is 42.0 Å². The van der Waals surface area contributed by atoms with Gasteiger partial charge in [-0.3, -0.25) is 4.79 Å². The second-order valence-corrected chi connectivity index (χ2v) is 6.54. The Morgan fingerprint density at radius 3 is 2.71 bits per heavy atom. The molecular formula is C19H17IN2O2. The van der Waals surface area contributed by atoms with Crippen LogP contribution in [0.25, 0.3) is 6.08 Å². The molecule has 1 N–H and O–H groups in total. The molecule has 0 aromatic heterocycles. The number of aryl methyl sites for hydroxylation is 1. The average molecular weight is 432 g/mol. The molecule has 4 nitrogen and oxygen atoms in total. The second kappa shape index (κ2) is 7.97. The summed E-state index contributed by atoms with van der Waals surface area (Å²) in [4.78, 5) is 12.4. The van der Waals surface area contributed by atoms with Crippen LogP contribution in [-0.4, -0.2) is 13.0 Å². The molecule has 0 radical (unpaired) electrons. The van der Waals surface area contributed by atoms with Crippen LogP contribution in [0.4, 0.5) is 5.69 Å². The highest BCUT2D eigenvalue weighted by Gasteiger charge is 2.12. The van der Waals surface area contributed by atoms with Gasteiger partial charge in [-0.25, -0.2) is 0 Å². The molecule has 0 heterocycles. The third-order valence-electron chi connectivity index (χ3n) is 3.66. The van der Waals surface area contributed by atoms with Crippen molar-refractivity contribution in [3.8, 4) is 11.8 Å². The maximum atomic E-state index is 12.4. The van der Waals surface area contributed by atoms with E-state index in [1.54, 1.807) is 19.3 Å². The number of anilines is 1. The van der Waals surface area contributed by atoms with Gasteiger partial charge < -0.3 is 10.1 Å². The predicted octanol–water partition coefficient (Wildman–Crippen LogP) is 4.46. The zero-order chi connectivity index (χ0) is 17.7. The normalized spacial score (nSPS) is 10.9. The molecule has 0 bridgehead atoms. The Kier molecular flexibility index (Phi) is 5.99. The fraction of sp³-hybridized carbons (Fsp3) is 0.158. The van der Waals surface area contributed by atoms with Gasteiger partial charge in [0.25, 0.3) is 5.91 Å². The number of ether oxygens (including phenoxy) is 1. The number of carbonyl (C=O) groups is 1. The summed E-state index contributed by atoms with van der Waals surface area (Å²) < 4.78 is 6.18. The summed E-state index contributed by atoms with van der Waals surface area (Å²) in [6.45, 7) is 3.91. The van der Waals surface area contributed by atoms with E-state index in [0.717, 1.165) is 20.3 Å². The lowest BCUT2D eigenvalue weighted by Crippen LogP contribution is -2.14. The summed E-state index contributed by atoms with van der Waals surface area (Å²) in [7, 11) is 1.58. The largest absolute Gasteiger partial charge is 0.497 e. The molecule has 1 amide bonds. The van der Waals surface area contributed by atoms with Crippen molar-refractivity contribution in [1.82, 2.24) is 0 Å². The molecule has 2 aromatic rings. The first-order valence-electron chi connectivity index (χ1n) is 7.28. The number of hydrogen-bond acceptors (Lipinski definition) is 3. The molecule has 0 aliphatic carbocycles. The minimum atomic E-state index is -0.427. The number of benzene rings is 2. The Balaban J connectivity index is 2.31. The van der Waals surface area contributed by atoms with Crippen LogP contribution < -0.4 is 10.1 Å². The molecule has 0 saturated heterocycles. The van der Waals surface area contributed by atoms with Crippen LogP contribution in [-0.2, 0) is 4.79 Å². The quantitative estimate of drug-likeness (QED) is 0.441. The van der Waals surface area contributed by atoms with Crippen LogP contribution in [0, 0.1) is 28.7 Å². The van der Waals surface area contributed by atoms with Gasteiger partial charge >= 0.3 is 0 Å². The summed E-state index contributed by atoms with van der Waals surface area (Å²) in [5.41, 5.74) is 3.56. The number of hydrogen-bond donors (Lipinski definition) is 1. The molecule has 0 aliphatic heterocycles. The van der Waals surface area contributed by atoms with E-state index in [4.69, 9.17) is 4.74 Å². The van der Waals surface area contributed by atoms with Crippen molar-refractivity contribution in [2.45, 2.75) is 13.8 Å². The molecule has 0 fully saturated rings. The number of methoxy groups -OCH3 is 1. The minimum Gasteiger partial charge on any atom is -0.497 e. The van der Waals surface area contributed by atoms with Crippen molar-refractivity contribution in [3.63, 3.8) is 0 Å². The Labute approximate surface area is 155 Å². The van der Waals surface area contributed by atoms with Gasteiger partial charge in [-0.1, -0.05) is 12.1 Å². The van der Waals surface area contributed by atoms with Crippen molar-refractivity contribution >= 4 is 40.3 Å². The van der Waals surface area contributed by atoms with Crippen molar-refractivity contribution in [2.75, 3.05) is 12.4 Å². The van der Waals surface area contributed by atoms with Gasteiger partial charge in [0.15, 0.2) is 0 Å². The van der Waals surface area contributed by atoms with Crippen molar-refractivity contribution in [2.24, 2.45) is 0 Å². The van der Waals surface area contributed by atoms with E-state index in [1.165, 1.54) is 0 Å². The number of nitriles is 1. The lowest BCUT2D eigenvalue weighted by atomic mass is 10.1. The fourth-order valence-corrected chi connectivity index (χ4v) is 2.84. The van der Waals surface area contributed by atoms with Gasteiger partial charge in [0.2, 0.25) is 0 Å². The molecule has 0 unspecified atom stereocenters. The predicted molar refractivity (Wildman–Crippen MR) is 104 cm³/mol. The maximum Gasteiger partial charge on any atom is 0.266 e. The van der Waals surface area contributed by atoms with E-state index in [1.807, 2.05) is 50.2 Å². The monoisotopic (exact) mass is 432 g/mol.